The van der Waals surface area contributed by atoms with Crippen molar-refractivity contribution in [1.82, 2.24) is 10.3 Å². The number of benzene rings is 1. The van der Waals surface area contributed by atoms with E-state index in [1.165, 1.54) is 17.0 Å². The van der Waals surface area contributed by atoms with Crippen LogP contribution in [0.1, 0.15) is 18.2 Å². The molecule has 1 heterocycles. The SMILES string of the molecule is CCCNC(CSc1ccc(F)cc1)Cc1cncs1. The molecule has 20 heavy (non-hydrogen) atoms. The Kier molecular flexibility index (Phi) is 6.50. The third kappa shape index (κ3) is 5.23. The summed E-state index contributed by atoms with van der Waals surface area (Å²) in [6.07, 6.45) is 4.06. The van der Waals surface area contributed by atoms with E-state index in [4.69, 9.17) is 0 Å². The van der Waals surface area contributed by atoms with Crippen LogP contribution in [0.3, 0.4) is 0 Å². The predicted molar refractivity (Wildman–Crippen MR) is 85.0 cm³/mol. The second-order valence-electron chi connectivity index (χ2n) is 4.59. The lowest BCUT2D eigenvalue weighted by molar-refractivity contribution is 0.553. The highest BCUT2D eigenvalue weighted by Crippen LogP contribution is 2.20. The highest BCUT2D eigenvalue weighted by Gasteiger charge is 2.10. The first kappa shape index (κ1) is 15.5. The first-order valence-electron chi connectivity index (χ1n) is 6.77. The van der Waals surface area contributed by atoms with Crippen molar-refractivity contribution in [2.75, 3.05) is 12.3 Å². The van der Waals surface area contributed by atoms with Gasteiger partial charge in [0.05, 0.1) is 5.51 Å². The third-order valence-electron chi connectivity index (χ3n) is 2.88. The molecule has 0 aliphatic carbocycles. The lowest BCUT2D eigenvalue weighted by atomic mass is 10.2. The van der Waals surface area contributed by atoms with Gasteiger partial charge in [-0.2, -0.15) is 0 Å². The summed E-state index contributed by atoms with van der Waals surface area (Å²) < 4.78 is 12.9. The molecule has 0 radical (unpaired) electrons. The average molecular weight is 310 g/mol. The molecule has 2 nitrogen and oxygen atoms in total. The molecule has 0 aliphatic heterocycles. The largest absolute Gasteiger partial charge is 0.313 e. The monoisotopic (exact) mass is 310 g/mol. The quantitative estimate of drug-likeness (QED) is 0.746. The molecule has 1 atom stereocenters. The first-order valence-corrected chi connectivity index (χ1v) is 8.63. The van der Waals surface area contributed by atoms with Crippen molar-refractivity contribution in [3.63, 3.8) is 0 Å². The maximum Gasteiger partial charge on any atom is 0.123 e. The Morgan fingerprint density at radius 3 is 2.80 bits per heavy atom. The molecular formula is C15H19FN2S2. The third-order valence-corrected chi connectivity index (χ3v) is 4.86. The van der Waals surface area contributed by atoms with Crippen molar-refractivity contribution >= 4 is 23.1 Å². The van der Waals surface area contributed by atoms with Gasteiger partial charge in [-0.15, -0.1) is 23.1 Å². The Hall–Kier alpha value is -0.910. The average Bonchev–Trinajstić information content (AvgIpc) is 2.96. The molecule has 0 spiro atoms. The molecule has 1 N–H and O–H groups in total. The number of rotatable bonds is 8. The van der Waals surface area contributed by atoms with Gasteiger partial charge in [0.1, 0.15) is 5.82 Å². The number of nitrogens with zero attached hydrogens (tertiary/aromatic N) is 1. The topological polar surface area (TPSA) is 24.9 Å². The molecule has 2 rings (SSSR count). The van der Waals surface area contributed by atoms with Crippen molar-refractivity contribution in [1.29, 1.82) is 0 Å². The van der Waals surface area contributed by atoms with Crippen molar-refractivity contribution in [3.8, 4) is 0 Å². The standard InChI is InChI=1S/C15H19FN2S2/c1-2-7-18-13(8-15-9-17-11-20-15)10-19-14-5-3-12(16)4-6-14/h3-6,9,11,13,18H,2,7-8,10H2,1H3. The minimum Gasteiger partial charge on any atom is -0.313 e. The number of hydrogen-bond donors (Lipinski definition) is 1. The zero-order valence-corrected chi connectivity index (χ0v) is 13.1. The van der Waals surface area contributed by atoms with E-state index in [0.29, 0.717) is 6.04 Å². The van der Waals surface area contributed by atoms with Crippen molar-refractivity contribution < 1.29 is 4.39 Å². The first-order chi connectivity index (χ1) is 9.78. The summed E-state index contributed by atoms with van der Waals surface area (Å²) in [6, 6.07) is 7.12. The molecule has 1 unspecified atom stereocenters. The number of nitrogens with one attached hydrogen (secondary N) is 1. The fourth-order valence-corrected chi connectivity index (χ4v) is 3.49. The van der Waals surface area contributed by atoms with Gasteiger partial charge in [-0.3, -0.25) is 4.98 Å². The second kappa shape index (κ2) is 8.39. The van der Waals surface area contributed by atoms with E-state index in [9.17, 15) is 4.39 Å². The Balaban J connectivity index is 1.87. The molecule has 2 aromatic rings. The molecule has 108 valence electrons. The minimum absolute atomic E-state index is 0.181. The van der Waals surface area contributed by atoms with Gasteiger partial charge in [0.2, 0.25) is 0 Å². The van der Waals surface area contributed by atoms with Gasteiger partial charge >= 0.3 is 0 Å². The van der Waals surface area contributed by atoms with Crippen LogP contribution in [0.15, 0.2) is 40.9 Å². The van der Waals surface area contributed by atoms with E-state index in [0.717, 1.165) is 30.0 Å². The highest BCUT2D eigenvalue weighted by atomic mass is 32.2. The van der Waals surface area contributed by atoms with Gasteiger partial charge in [-0.05, 0) is 43.7 Å². The molecule has 0 saturated carbocycles. The van der Waals surface area contributed by atoms with Gasteiger partial charge in [0.15, 0.2) is 0 Å². The van der Waals surface area contributed by atoms with Crippen LogP contribution in [-0.2, 0) is 6.42 Å². The highest BCUT2D eigenvalue weighted by molar-refractivity contribution is 7.99. The summed E-state index contributed by atoms with van der Waals surface area (Å²) in [5.74, 6) is 0.795. The van der Waals surface area contributed by atoms with Crippen LogP contribution in [0.25, 0.3) is 0 Å². The molecule has 5 heteroatoms. The van der Waals surface area contributed by atoms with Gasteiger partial charge in [0, 0.05) is 27.8 Å². The van der Waals surface area contributed by atoms with Crippen LogP contribution in [0.4, 0.5) is 4.39 Å². The predicted octanol–water partition coefficient (Wildman–Crippen LogP) is 3.99. The summed E-state index contributed by atoms with van der Waals surface area (Å²) in [4.78, 5) is 6.54. The van der Waals surface area contributed by atoms with E-state index in [1.807, 2.05) is 23.8 Å². The van der Waals surface area contributed by atoms with Crippen LogP contribution >= 0.6 is 23.1 Å². The fraction of sp³-hybridized carbons (Fsp3) is 0.400. The molecule has 0 saturated heterocycles. The van der Waals surface area contributed by atoms with Crippen LogP contribution in [-0.4, -0.2) is 23.3 Å². The number of hydrogen-bond acceptors (Lipinski definition) is 4. The van der Waals surface area contributed by atoms with E-state index < -0.39 is 0 Å². The van der Waals surface area contributed by atoms with Crippen molar-refractivity contribution in [2.45, 2.75) is 30.7 Å². The van der Waals surface area contributed by atoms with Gasteiger partial charge in [0.25, 0.3) is 0 Å². The van der Waals surface area contributed by atoms with Crippen LogP contribution < -0.4 is 5.32 Å². The Bertz CT molecular complexity index is 485. The summed E-state index contributed by atoms with van der Waals surface area (Å²) in [5.41, 5.74) is 1.87. The molecule has 1 aromatic heterocycles. The normalized spacial score (nSPS) is 12.5. The number of thioether (sulfide) groups is 1. The number of thiazole rings is 1. The second-order valence-corrected chi connectivity index (χ2v) is 6.65. The maximum atomic E-state index is 12.9. The fourth-order valence-electron chi connectivity index (χ4n) is 1.85. The summed E-state index contributed by atoms with van der Waals surface area (Å²) in [6.45, 7) is 3.19. The Morgan fingerprint density at radius 1 is 1.35 bits per heavy atom. The van der Waals surface area contributed by atoms with Crippen molar-refractivity contribution in [2.24, 2.45) is 0 Å². The summed E-state index contributed by atoms with van der Waals surface area (Å²) >= 11 is 3.46. The van der Waals surface area contributed by atoms with Crippen LogP contribution in [0, 0.1) is 5.82 Å². The summed E-state index contributed by atoms with van der Waals surface area (Å²) in [7, 11) is 0. The van der Waals surface area contributed by atoms with Gasteiger partial charge < -0.3 is 5.32 Å². The molecule has 0 fully saturated rings. The van der Waals surface area contributed by atoms with Gasteiger partial charge in [-0.1, -0.05) is 6.92 Å². The number of aromatic nitrogens is 1. The van der Waals surface area contributed by atoms with E-state index in [2.05, 4.69) is 17.2 Å². The molecule has 0 aliphatic rings. The maximum absolute atomic E-state index is 12.9. The van der Waals surface area contributed by atoms with E-state index in [1.54, 1.807) is 23.1 Å². The lowest BCUT2D eigenvalue weighted by Gasteiger charge is -2.17. The molecule has 0 amide bonds. The number of halogens is 1. The Morgan fingerprint density at radius 2 is 2.15 bits per heavy atom. The Labute approximate surface area is 127 Å². The van der Waals surface area contributed by atoms with Crippen molar-refractivity contribution in [3.05, 3.63) is 46.7 Å². The zero-order chi connectivity index (χ0) is 14.2. The smallest absolute Gasteiger partial charge is 0.123 e. The molecule has 0 bridgehead atoms. The van der Waals surface area contributed by atoms with Gasteiger partial charge in [-0.25, -0.2) is 4.39 Å². The van der Waals surface area contributed by atoms with E-state index in [-0.39, 0.29) is 5.82 Å². The van der Waals surface area contributed by atoms with E-state index >= 15 is 0 Å². The minimum atomic E-state index is -0.181. The molecular weight excluding hydrogens is 291 g/mol. The van der Waals surface area contributed by atoms with Crippen LogP contribution in [0.5, 0.6) is 0 Å². The van der Waals surface area contributed by atoms with Crippen LogP contribution in [0.2, 0.25) is 0 Å². The summed E-state index contributed by atoms with van der Waals surface area (Å²) in [5, 5.41) is 3.57. The molecule has 1 aromatic carbocycles. The zero-order valence-electron chi connectivity index (χ0n) is 11.5. The lowest BCUT2D eigenvalue weighted by Crippen LogP contribution is -2.33.